The average molecular weight is 353 g/mol. The van der Waals surface area contributed by atoms with Crippen LogP contribution in [0.15, 0.2) is 47.4 Å². The van der Waals surface area contributed by atoms with Gasteiger partial charge in [-0.15, -0.1) is 0 Å². The van der Waals surface area contributed by atoms with E-state index in [0.717, 1.165) is 12.0 Å². The largest absolute Gasteiger partial charge is 0.322 e. The second-order valence-electron chi connectivity index (χ2n) is 4.81. The van der Waals surface area contributed by atoms with Crippen molar-refractivity contribution in [3.05, 3.63) is 58.6 Å². The Morgan fingerprint density at radius 1 is 1.17 bits per heavy atom. The Morgan fingerprint density at radius 2 is 1.87 bits per heavy atom. The quantitative estimate of drug-likeness (QED) is 0.868. The number of amides is 1. The SMILES string of the molecule is CCc1ccccc1NC(=O)c1cc(S(=O)(=O)NC)ccc1Cl. The van der Waals surface area contributed by atoms with Gasteiger partial charge < -0.3 is 5.32 Å². The molecule has 0 aliphatic rings. The van der Waals surface area contributed by atoms with Gasteiger partial charge in [-0.2, -0.15) is 0 Å². The summed E-state index contributed by atoms with van der Waals surface area (Å²) in [6, 6.07) is 11.4. The molecule has 2 rings (SSSR count). The fourth-order valence-electron chi connectivity index (χ4n) is 2.10. The lowest BCUT2D eigenvalue weighted by molar-refractivity contribution is 0.102. The topological polar surface area (TPSA) is 75.3 Å². The molecule has 0 atom stereocenters. The Kier molecular flexibility index (Phi) is 5.41. The number of sulfonamides is 1. The van der Waals surface area contributed by atoms with E-state index >= 15 is 0 Å². The van der Waals surface area contributed by atoms with Crippen LogP contribution >= 0.6 is 11.6 Å². The van der Waals surface area contributed by atoms with Crippen LogP contribution < -0.4 is 10.0 Å². The van der Waals surface area contributed by atoms with Gasteiger partial charge >= 0.3 is 0 Å². The summed E-state index contributed by atoms with van der Waals surface area (Å²) in [4.78, 5) is 12.4. The molecule has 0 saturated heterocycles. The molecule has 0 aromatic heterocycles. The first-order chi connectivity index (χ1) is 10.9. The van der Waals surface area contributed by atoms with Crippen molar-refractivity contribution in [2.75, 3.05) is 12.4 Å². The lowest BCUT2D eigenvalue weighted by Crippen LogP contribution is -2.20. The molecule has 7 heteroatoms. The third kappa shape index (κ3) is 3.90. The summed E-state index contributed by atoms with van der Waals surface area (Å²) in [6.45, 7) is 1.98. The molecule has 0 bridgehead atoms. The minimum Gasteiger partial charge on any atom is -0.322 e. The zero-order chi connectivity index (χ0) is 17.0. The molecule has 0 heterocycles. The highest BCUT2D eigenvalue weighted by Crippen LogP contribution is 2.23. The van der Waals surface area contributed by atoms with Crippen LogP contribution in [-0.2, 0) is 16.4 Å². The number of carbonyl (C=O) groups excluding carboxylic acids is 1. The number of benzene rings is 2. The zero-order valence-electron chi connectivity index (χ0n) is 12.8. The number of hydrogen-bond acceptors (Lipinski definition) is 3. The Balaban J connectivity index is 2.38. The van der Waals surface area contributed by atoms with E-state index in [1.54, 1.807) is 6.07 Å². The number of aryl methyl sites for hydroxylation is 1. The van der Waals surface area contributed by atoms with E-state index in [2.05, 4.69) is 10.0 Å². The van der Waals surface area contributed by atoms with Crippen LogP contribution in [-0.4, -0.2) is 21.4 Å². The molecule has 0 unspecified atom stereocenters. The number of nitrogens with one attached hydrogen (secondary N) is 2. The van der Waals surface area contributed by atoms with Crippen molar-refractivity contribution < 1.29 is 13.2 Å². The molecular weight excluding hydrogens is 336 g/mol. The Hall–Kier alpha value is -1.89. The van der Waals surface area contributed by atoms with E-state index in [1.807, 2.05) is 25.1 Å². The van der Waals surface area contributed by atoms with E-state index in [-0.39, 0.29) is 15.5 Å². The van der Waals surface area contributed by atoms with E-state index in [9.17, 15) is 13.2 Å². The van der Waals surface area contributed by atoms with Gasteiger partial charge in [0.15, 0.2) is 0 Å². The van der Waals surface area contributed by atoms with E-state index in [4.69, 9.17) is 11.6 Å². The van der Waals surface area contributed by atoms with Crippen LogP contribution in [0.1, 0.15) is 22.8 Å². The van der Waals surface area contributed by atoms with Gasteiger partial charge in [-0.1, -0.05) is 36.7 Å². The number of rotatable bonds is 5. The first-order valence-corrected chi connectivity index (χ1v) is 8.87. The second-order valence-corrected chi connectivity index (χ2v) is 7.11. The van der Waals surface area contributed by atoms with Crippen molar-refractivity contribution in [1.82, 2.24) is 4.72 Å². The third-order valence-corrected chi connectivity index (χ3v) is 5.15. The number of para-hydroxylation sites is 1. The van der Waals surface area contributed by atoms with Crippen LogP contribution in [0.4, 0.5) is 5.69 Å². The normalized spacial score (nSPS) is 11.3. The predicted octanol–water partition coefficient (Wildman–Crippen LogP) is 3.06. The molecule has 2 aromatic rings. The molecule has 5 nitrogen and oxygen atoms in total. The van der Waals surface area contributed by atoms with E-state index in [1.165, 1.54) is 25.2 Å². The van der Waals surface area contributed by atoms with Gasteiger partial charge in [-0.05, 0) is 43.3 Å². The fourth-order valence-corrected chi connectivity index (χ4v) is 3.06. The molecule has 23 heavy (non-hydrogen) atoms. The van der Waals surface area contributed by atoms with Crippen molar-refractivity contribution in [2.24, 2.45) is 0 Å². The van der Waals surface area contributed by atoms with Gasteiger partial charge in [0.2, 0.25) is 10.0 Å². The smallest absolute Gasteiger partial charge is 0.257 e. The summed E-state index contributed by atoms with van der Waals surface area (Å²) < 4.78 is 25.9. The summed E-state index contributed by atoms with van der Waals surface area (Å²) in [5.41, 5.74) is 1.77. The highest BCUT2D eigenvalue weighted by molar-refractivity contribution is 7.89. The molecule has 0 radical (unpaired) electrons. The van der Waals surface area contributed by atoms with Gasteiger partial charge in [-0.3, -0.25) is 4.79 Å². The van der Waals surface area contributed by atoms with Crippen LogP contribution in [0.3, 0.4) is 0 Å². The summed E-state index contributed by atoms with van der Waals surface area (Å²) in [5, 5.41) is 2.96. The predicted molar refractivity (Wildman–Crippen MR) is 91.5 cm³/mol. The minimum atomic E-state index is -3.65. The van der Waals surface area contributed by atoms with Gasteiger partial charge in [0.1, 0.15) is 0 Å². The summed E-state index contributed by atoms with van der Waals surface area (Å²) in [6.07, 6.45) is 0.762. The Labute approximate surface area is 140 Å². The second kappa shape index (κ2) is 7.12. The van der Waals surface area contributed by atoms with Crippen molar-refractivity contribution in [3.63, 3.8) is 0 Å². The number of anilines is 1. The van der Waals surface area contributed by atoms with Gasteiger partial charge in [0.25, 0.3) is 5.91 Å². The molecule has 0 saturated carbocycles. The van der Waals surface area contributed by atoms with Crippen LogP contribution in [0, 0.1) is 0 Å². The molecule has 0 aliphatic carbocycles. The Morgan fingerprint density at radius 3 is 2.52 bits per heavy atom. The maximum Gasteiger partial charge on any atom is 0.257 e. The maximum atomic E-state index is 12.5. The van der Waals surface area contributed by atoms with Crippen LogP contribution in [0.2, 0.25) is 5.02 Å². The maximum absolute atomic E-state index is 12.5. The van der Waals surface area contributed by atoms with Crippen molar-refractivity contribution in [1.29, 1.82) is 0 Å². The van der Waals surface area contributed by atoms with Gasteiger partial charge in [-0.25, -0.2) is 13.1 Å². The van der Waals surface area contributed by atoms with Crippen molar-refractivity contribution in [2.45, 2.75) is 18.2 Å². The molecule has 2 N–H and O–H groups in total. The molecule has 122 valence electrons. The first kappa shape index (κ1) is 17.5. The minimum absolute atomic E-state index is 0.0154. The lowest BCUT2D eigenvalue weighted by Gasteiger charge is -2.11. The molecule has 2 aromatic carbocycles. The van der Waals surface area contributed by atoms with Gasteiger partial charge in [0.05, 0.1) is 15.5 Å². The van der Waals surface area contributed by atoms with Gasteiger partial charge in [0, 0.05) is 5.69 Å². The average Bonchev–Trinajstić information content (AvgIpc) is 2.55. The van der Waals surface area contributed by atoms with Crippen LogP contribution in [0.5, 0.6) is 0 Å². The number of halogens is 1. The molecule has 1 amide bonds. The highest BCUT2D eigenvalue weighted by atomic mass is 35.5. The molecule has 0 fully saturated rings. The molecule has 0 spiro atoms. The summed E-state index contributed by atoms with van der Waals surface area (Å²) in [5.74, 6) is -0.455. The van der Waals surface area contributed by atoms with Crippen LogP contribution in [0.25, 0.3) is 0 Å². The fraction of sp³-hybridized carbons (Fsp3) is 0.188. The number of hydrogen-bond donors (Lipinski definition) is 2. The van der Waals surface area contributed by atoms with Crippen molar-refractivity contribution in [3.8, 4) is 0 Å². The van der Waals surface area contributed by atoms with E-state index < -0.39 is 15.9 Å². The molecule has 0 aliphatic heterocycles. The Bertz CT molecular complexity index is 835. The lowest BCUT2D eigenvalue weighted by atomic mass is 10.1. The first-order valence-electron chi connectivity index (χ1n) is 7.01. The van der Waals surface area contributed by atoms with Crippen molar-refractivity contribution >= 4 is 33.2 Å². The monoisotopic (exact) mass is 352 g/mol. The highest BCUT2D eigenvalue weighted by Gasteiger charge is 2.18. The number of carbonyl (C=O) groups is 1. The van der Waals surface area contributed by atoms with E-state index in [0.29, 0.717) is 5.69 Å². The summed E-state index contributed by atoms with van der Waals surface area (Å²) >= 11 is 6.05. The standard InChI is InChI=1S/C16H17ClN2O3S/c1-3-11-6-4-5-7-15(11)19-16(20)13-10-12(8-9-14(13)17)23(21,22)18-2/h4-10,18H,3H2,1-2H3,(H,19,20). The summed E-state index contributed by atoms with van der Waals surface area (Å²) in [7, 11) is -2.34. The zero-order valence-corrected chi connectivity index (χ0v) is 14.3. The molecular formula is C16H17ClN2O3S. The third-order valence-electron chi connectivity index (χ3n) is 3.41.